The highest BCUT2D eigenvalue weighted by atomic mass is 127. The lowest BCUT2D eigenvalue weighted by atomic mass is 10.1. The van der Waals surface area contributed by atoms with Gasteiger partial charge in [-0.05, 0) is 48.7 Å². The van der Waals surface area contributed by atoms with Gasteiger partial charge in [-0.3, -0.25) is 4.99 Å². The Morgan fingerprint density at radius 1 is 1.03 bits per heavy atom. The molecule has 2 rings (SSSR count). The summed E-state index contributed by atoms with van der Waals surface area (Å²) in [5, 5.41) is 16.7. The number of aliphatic hydroxyl groups excluding tert-OH is 1. The molecule has 2 aromatic rings. The maximum Gasteiger partial charge on any atom is 0.416 e. The van der Waals surface area contributed by atoms with Gasteiger partial charge in [0.1, 0.15) is 0 Å². The van der Waals surface area contributed by atoms with E-state index in [0.717, 1.165) is 17.7 Å². The predicted molar refractivity (Wildman–Crippen MR) is 129 cm³/mol. The normalized spacial score (nSPS) is 12.5. The maximum absolute atomic E-state index is 12.6. The molecule has 0 bridgehead atoms. The molecular formula is C22H29F3IN3O3. The van der Waals surface area contributed by atoms with Crippen molar-refractivity contribution in [3.05, 3.63) is 59.2 Å². The molecule has 1 unspecified atom stereocenters. The molecule has 0 radical (unpaired) electrons. The summed E-state index contributed by atoms with van der Waals surface area (Å²) < 4.78 is 48.4. The number of methoxy groups -OCH3 is 2. The first kappa shape index (κ1) is 27.8. The molecule has 0 aliphatic rings. The predicted octanol–water partition coefficient (Wildman–Crippen LogP) is 4.17. The summed E-state index contributed by atoms with van der Waals surface area (Å²) in [7, 11) is 3.06. The van der Waals surface area contributed by atoms with Gasteiger partial charge in [-0.2, -0.15) is 13.2 Å². The third kappa shape index (κ3) is 8.38. The molecule has 6 nitrogen and oxygen atoms in total. The van der Waals surface area contributed by atoms with Gasteiger partial charge in [0.25, 0.3) is 0 Å². The highest BCUT2D eigenvalue weighted by molar-refractivity contribution is 14.0. The summed E-state index contributed by atoms with van der Waals surface area (Å²) in [5.74, 6) is 1.60. The number of halogens is 4. The average molecular weight is 567 g/mol. The third-order valence-corrected chi connectivity index (χ3v) is 4.55. The molecule has 0 aliphatic heterocycles. The minimum absolute atomic E-state index is 0. The fraction of sp³-hybridized carbons (Fsp3) is 0.409. The van der Waals surface area contributed by atoms with Crippen LogP contribution in [0.5, 0.6) is 11.5 Å². The first-order valence-electron chi connectivity index (χ1n) is 9.86. The van der Waals surface area contributed by atoms with E-state index >= 15 is 0 Å². The van der Waals surface area contributed by atoms with Crippen molar-refractivity contribution in [1.29, 1.82) is 0 Å². The SMILES string of the molecule is CCNC(=NCC(O)c1ccc(OC)c(OC)c1)NCCc1ccc(C(F)(F)F)cc1.I. The number of alkyl halides is 3. The van der Waals surface area contributed by atoms with Crippen LogP contribution in [0.15, 0.2) is 47.5 Å². The van der Waals surface area contributed by atoms with Crippen molar-refractivity contribution in [2.75, 3.05) is 33.9 Å². The molecule has 0 fully saturated rings. The van der Waals surface area contributed by atoms with E-state index in [4.69, 9.17) is 9.47 Å². The topological polar surface area (TPSA) is 75.1 Å². The quantitative estimate of drug-likeness (QED) is 0.241. The maximum atomic E-state index is 12.6. The molecule has 0 amide bonds. The number of rotatable bonds is 9. The smallest absolute Gasteiger partial charge is 0.416 e. The van der Waals surface area contributed by atoms with E-state index in [-0.39, 0.29) is 30.5 Å². The molecule has 1 atom stereocenters. The van der Waals surface area contributed by atoms with Gasteiger partial charge in [0.15, 0.2) is 17.5 Å². The zero-order valence-electron chi connectivity index (χ0n) is 18.2. The molecule has 178 valence electrons. The molecule has 10 heteroatoms. The zero-order valence-corrected chi connectivity index (χ0v) is 20.5. The molecular weight excluding hydrogens is 538 g/mol. The lowest BCUT2D eigenvalue weighted by molar-refractivity contribution is -0.137. The second-order valence-electron chi connectivity index (χ2n) is 6.72. The highest BCUT2D eigenvalue weighted by Crippen LogP contribution is 2.30. The third-order valence-electron chi connectivity index (χ3n) is 4.55. The molecule has 3 N–H and O–H groups in total. The Hall–Kier alpha value is -2.21. The summed E-state index contributed by atoms with van der Waals surface area (Å²) in [6.07, 6.45) is -4.65. The second kappa shape index (κ2) is 13.4. The monoisotopic (exact) mass is 567 g/mol. The van der Waals surface area contributed by atoms with Crippen LogP contribution in [-0.4, -0.2) is 44.9 Å². The van der Waals surface area contributed by atoms with Crippen molar-refractivity contribution in [2.24, 2.45) is 4.99 Å². The van der Waals surface area contributed by atoms with Crippen LogP contribution in [0.1, 0.15) is 29.7 Å². The number of nitrogens with zero attached hydrogens (tertiary/aromatic N) is 1. The van der Waals surface area contributed by atoms with Crippen LogP contribution in [0.25, 0.3) is 0 Å². The van der Waals surface area contributed by atoms with Gasteiger partial charge in [0, 0.05) is 13.1 Å². The number of benzene rings is 2. The Kier molecular flexibility index (Phi) is 11.6. The van der Waals surface area contributed by atoms with Gasteiger partial charge in [-0.1, -0.05) is 18.2 Å². The molecule has 0 saturated carbocycles. The Morgan fingerprint density at radius 3 is 2.25 bits per heavy atom. The molecule has 0 heterocycles. The van der Waals surface area contributed by atoms with Gasteiger partial charge >= 0.3 is 6.18 Å². The van der Waals surface area contributed by atoms with Crippen LogP contribution in [-0.2, 0) is 12.6 Å². The van der Waals surface area contributed by atoms with Crippen molar-refractivity contribution in [1.82, 2.24) is 10.6 Å². The molecule has 2 aromatic carbocycles. The van der Waals surface area contributed by atoms with E-state index in [2.05, 4.69) is 15.6 Å². The van der Waals surface area contributed by atoms with E-state index in [0.29, 0.717) is 42.5 Å². The van der Waals surface area contributed by atoms with Crippen molar-refractivity contribution in [3.8, 4) is 11.5 Å². The van der Waals surface area contributed by atoms with Crippen LogP contribution in [0.3, 0.4) is 0 Å². The largest absolute Gasteiger partial charge is 0.493 e. The lowest BCUT2D eigenvalue weighted by Crippen LogP contribution is -2.38. The Bertz CT molecular complexity index is 862. The fourth-order valence-electron chi connectivity index (χ4n) is 2.87. The van der Waals surface area contributed by atoms with Gasteiger partial charge in [-0.15, -0.1) is 24.0 Å². The van der Waals surface area contributed by atoms with E-state index in [1.54, 1.807) is 18.2 Å². The van der Waals surface area contributed by atoms with Crippen LogP contribution >= 0.6 is 24.0 Å². The van der Waals surface area contributed by atoms with Crippen molar-refractivity contribution < 1.29 is 27.8 Å². The summed E-state index contributed by atoms with van der Waals surface area (Å²) in [4.78, 5) is 4.39. The molecule has 0 spiro atoms. The summed E-state index contributed by atoms with van der Waals surface area (Å²) in [5.41, 5.74) is 0.756. The van der Waals surface area contributed by atoms with Crippen LogP contribution in [0, 0.1) is 0 Å². The summed E-state index contributed by atoms with van der Waals surface area (Å²) in [6, 6.07) is 10.2. The van der Waals surface area contributed by atoms with Crippen LogP contribution in [0.2, 0.25) is 0 Å². The lowest BCUT2D eigenvalue weighted by Gasteiger charge is -2.15. The number of hydrogen-bond donors (Lipinski definition) is 3. The Balaban J connectivity index is 0.00000512. The summed E-state index contributed by atoms with van der Waals surface area (Å²) >= 11 is 0. The minimum atomic E-state index is -4.34. The van der Waals surface area contributed by atoms with Gasteiger partial charge < -0.3 is 25.2 Å². The van der Waals surface area contributed by atoms with Crippen molar-refractivity contribution in [2.45, 2.75) is 25.6 Å². The van der Waals surface area contributed by atoms with E-state index in [1.165, 1.54) is 26.4 Å². The average Bonchev–Trinajstić information content (AvgIpc) is 2.76. The second-order valence-corrected chi connectivity index (χ2v) is 6.72. The fourth-order valence-corrected chi connectivity index (χ4v) is 2.87. The van der Waals surface area contributed by atoms with Crippen LogP contribution in [0.4, 0.5) is 13.2 Å². The molecule has 32 heavy (non-hydrogen) atoms. The Morgan fingerprint density at radius 2 is 1.69 bits per heavy atom. The number of hydrogen-bond acceptors (Lipinski definition) is 4. The summed E-state index contributed by atoms with van der Waals surface area (Å²) in [6.45, 7) is 3.13. The molecule has 0 saturated heterocycles. The number of guanidine groups is 1. The molecule has 0 aliphatic carbocycles. The van der Waals surface area contributed by atoms with Crippen molar-refractivity contribution >= 4 is 29.9 Å². The van der Waals surface area contributed by atoms with Crippen LogP contribution < -0.4 is 20.1 Å². The van der Waals surface area contributed by atoms with Gasteiger partial charge in [0.2, 0.25) is 0 Å². The van der Waals surface area contributed by atoms with Gasteiger partial charge in [-0.25, -0.2) is 0 Å². The Labute approximate surface area is 203 Å². The van der Waals surface area contributed by atoms with E-state index in [9.17, 15) is 18.3 Å². The van der Waals surface area contributed by atoms with E-state index < -0.39 is 17.8 Å². The van der Waals surface area contributed by atoms with Crippen molar-refractivity contribution in [3.63, 3.8) is 0 Å². The zero-order chi connectivity index (χ0) is 22.9. The minimum Gasteiger partial charge on any atom is -0.493 e. The first-order chi connectivity index (χ1) is 14.8. The number of aliphatic hydroxyl groups is 1. The van der Waals surface area contributed by atoms with Gasteiger partial charge in [0.05, 0.1) is 32.4 Å². The number of nitrogens with one attached hydrogen (secondary N) is 2. The van der Waals surface area contributed by atoms with E-state index in [1.807, 2.05) is 6.92 Å². The number of aliphatic imine (C=N–C) groups is 1. The molecule has 0 aromatic heterocycles. The number of ether oxygens (including phenoxy) is 2. The first-order valence-corrected chi connectivity index (χ1v) is 9.86. The highest BCUT2D eigenvalue weighted by Gasteiger charge is 2.29. The standard InChI is InChI=1S/C22H28F3N3O3.HI/c1-4-26-21(27-12-11-15-5-8-17(9-6-15)22(23,24)25)28-14-18(29)16-7-10-19(30-2)20(13-16)31-3;/h5-10,13,18,29H,4,11-12,14H2,1-3H3,(H2,26,27,28);1H.